The molecular formula is C22H22ClN5O2. The average Bonchev–Trinajstić information content (AvgIpc) is 3.18. The molecule has 1 unspecified atom stereocenters. The summed E-state index contributed by atoms with van der Waals surface area (Å²) in [6.45, 7) is 8.26. The van der Waals surface area contributed by atoms with Gasteiger partial charge in [0.2, 0.25) is 5.71 Å². The predicted molar refractivity (Wildman–Crippen MR) is 118 cm³/mol. The van der Waals surface area contributed by atoms with Gasteiger partial charge < -0.3 is 13.7 Å². The van der Waals surface area contributed by atoms with Crippen LogP contribution in [0.5, 0.6) is 0 Å². The maximum absolute atomic E-state index is 12.7. The summed E-state index contributed by atoms with van der Waals surface area (Å²) in [5, 5.41) is 1.29. The Bertz CT molecular complexity index is 1300. The number of anilines is 1. The van der Waals surface area contributed by atoms with Gasteiger partial charge in [-0.2, -0.15) is 4.98 Å². The zero-order chi connectivity index (χ0) is 20.8. The normalized spacial score (nSPS) is 17.8. The van der Waals surface area contributed by atoms with E-state index in [1.807, 2.05) is 24.4 Å². The second-order valence-electron chi connectivity index (χ2n) is 7.65. The van der Waals surface area contributed by atoms with Crippen molar-refractivity contribution >= 4 is 34.2 Å². The fraction of sp³-hybridized carbons (Fsp3) is 0.318. The Morgan fingerprint density at radius 1 is 1.23 bits per heavy atom. The summed E-state index contributed by atoms with van der Waals surface area (Å²) in [5.41, 5.74) is 1.39. The van der Waals surface area contributed by atoms with Crippen LogP contribution in [0.2, 0.25) is 5.02 Å². The molecule has 1 aliphatic rings. The minimum Gasteiger partial charge on any atom is -0.403 e. The number of imidazole rings is 1. The largest absolute Gasteiger partial charge is 0.403 e. The Balaban J connectivity index is 1.51. The molecule has 1 saturated heterocycles. The Hall–Kier alpha value is -2.90. The number of likely N-dealkylation sites (N-methyl/N-ethyl adjacent to an activating group) is 1. The first kappa shape index (κ1) is 19.1. The number of hydrogen-bond acceptors (Lipinski definition) is 6. The van der Waals surface area contributed by atoms with Crippen molar-refractivity contribution in [2.45, 2.75) is 19.9 Å². The van der Waals surface area contributed by atoms with Gasteiger partial charge in [0.05, 0.1) is 16.3 Å². The molecule has 4 aromatic heterocycles. The molecule has 0 spiro atoms. The van der Waals surface area contributed by atoms with E-state index in [2.05, 4.69) is 33.6 Å². The Labute approximate surface area is 178 Å². The molecule has 0 saturated carbocycles. The molecule has 5 rings (SSSR count). The van der Waals surface area contributed by atoms with Gasteiger partial charge in [-0.1, -0.05) is 18.5 Å². The standard InChI is InChI=1S/C22H22ClN5O2/c1-3-26-9-10-27(12-14(26)2)19-7-6-15-11-16(22(29)30-21(15)25-19)18-13-28-8-4-5-17(23)20(28)24-18/h4-8,11,13-14H,3,9-10,12H2,1-2H3. The minimum absolute atomic E-state index is 0.341. The van der Waals surface area contributed by atoms with Crippen molar-refractivity contribution in [2.24, 2.45) is 0 Å². The van der Waals surface area contributed by atoms with Gasteiger partial charge in [-0.25, -0.2) is 9.78 Å². The second-order valence-corrected chi connectivity index (χ2v) is 8.06. The van der Waals surface area contributed by atoms with Gasteiger partial charge in [-0.05, 0) is 43.8 Å². The minimum atomic E-state index is -0.462. The van der Waals surface area contributed by atoms with E-state index >= 15 is 0 Å². The van der Waals surface area contributed by atoms with Crippen LogP contribution in [-0.2, 0) is 0 Å². The lowest BCUT2D eigenvalue weighted by molar-refractivity contribution is 0.199. The van der Waals surface area contributed by atoms with Gasteiger partial charge in [-0.3, -0.25) is 4.90 Å². The van der Waals surface area contributed by atoms with E-state index in [-0.39, 0.29) is 0 Å². The molecule has 8 heteroatoms. The van der Waals surface area contributed by atoms with Crippen molar-refractivity contribution < 1.29 is 4.42 Å². The van der Waals surface area contributed by atoms with Crippen molar-refractivity contribution in [3.63, 3.8) is 0 Å². The van der Waals surface area contributed by atoms with E-state index in [4.69, 9.17) is 16.0 Å². The van der Waals surface area contributed by atoms with Crippen LogP contribution in [0.15, 0.2) is 51.9 Å². The number of piperazine rings is 1. The van der Waals surface area contributed by atoms with Crippen LogP contribution in [0, 0.1) is 0 Å². The molecule has 0 aliphatic carbocycles. The van der Waals surface area contributed by atoms with E-state index in [0.29, 0.717) is 33.7 Å². The molecule has 1 atom stereocenters. The topological polar surface area (TPSA) is 66.9 Å². The van der Waals surface area contributed by atoms with E-state index < -0.39 is 5.63 Å². The van der Waals surface area contributed by atoms with Gasteiger partial charge in [0.15, 0.2) is 5.65 Å². The highest BCUT2D eigenvalue weighted by molar-refractivity contribution is 6.33. The van der Waals surface area contributed by atoms with Crippen LogP contribution in [-0.4, -0.2) is 51.5 Å². The highest BCUT2D eigenvalue weighted by atomic mass is 35.5. The summed E-state index contributed by atoms with van der Waals surface area (Å²) in [4.78, 5) is 26.5. The van der Waals surface area contributed by atoms with E-state index in [1.165, 1.54) is 0 Å². The van der Waals surface area contributed by atoms with Crippen molar-refractivity contribution in [1.82, 2.24) is 19.3 Å². The van der Waals surface area contributed by atoms with E-state index in [9.17, 15) is 4.79 Å². The number of halogens is 1. The molecule has 0 radical (unpaired) electrons. The second kappa shape index (κ2) is 7.41. The van der Waals surface area contributed by atoms with Crippen LogP contribution in [0.1, 0.15) is 13.8 Å². The molecule has 0 bridgehead atoms. The first-order valence-corrected chi connectivity index (χ1v) is 10.5. The van der Waals surface area contributed by atoms with Crippen molar-refractivity contribution in [3.05, 3.63) is 58.2 Å². The third-order valence-corrected chi connectivity index (χ3v) is 6.09. The Morgan fingerprint density at radius 3 is 2.87 bits per heavy atom. The van der Waals surface area contributed by atoms with Gasteiger partial charge in [0.1, 0.15) is 5.82 Å². The average molecular weight is 424 g/mol. The van der Waals surface area contributed by atoms with Gasteiger partial charge in [-0.15, -0.1) is 0 Å². The lowest BCUT2D eigenvalue weighted by Crippen LogP contribution is -2.51. The fourth-order valence-corrected chi connectivity index (χ4v) is 4.34. The first-order chi connectivity index (χ1) is 14.5. The molecule has 30 heavy (non-hydrogen) atoms. The van der Waals surface area contributed by atoms with Crippen molar-refractivity contribution in [1.29, 1.82) is 0 Å². The maximum atomic E-state index is 12.7. The molecule has 0 N–H and O–H groups in total. The summed E-state index contributed by atoms with van der Waals surface area (Å²) in [6.07, 6.45) is 3.61. The lowest BCUT2D eigenvalue weighted by Gasteiger charge is -2.39. The summed E-state index contributed by atoms with van der Waals surface area (Å²) in [7, 11) is 0. The first-order valence-electron chi connectivity index (χ1n) is 10.1. The van der Waals surface area contributed by atoms with E-state index in [1.54, 1.807) is 22.7 Å². The number of rotatable bonds is 3. The summed E-state index contributed by atoms with van der Waals surface area (Å²) in [6, 6.07) is 9.77. The molecule has 7 nitrogen and oxygen atoms in total. The summed E-state index contributed by atoms with van der Waals surface area (Å²) >= 11 is 6.21. The molecule has 4 aromatic rings. The zero-order valence-electron chi connectivity index (χ0n) is 16.9. The van der Waals surface area contributed by atoms with E-state index in [0.717, 1.165) is 37.4 Å². The maximum Gasteiger partial charge on any atom is 0.347 e. The van der Waals surface area contributed by atoms with Crippen LogP contribution in [0.4, 0.5) is 5.82 Å². The quantitative estimate of drug-likeness (QED) is 0.500. The molecule has 0 aromatic carbocycles. The predicted octanol–water partition coefficient (Wildman–Crippen LogP) is 3.69. The van der Waals surface area contributed by atoms with Gasteiger partial charge in [0.25, 0.3) is 0 Å². The number of hydrogen-bond donors (Lipinski definition) is 0. The zero-order valence-corrected chi connectivity index (χ0v) is 17.6. The molecule has 5 heterocycles. The van der Waals surface area contributed by atoms with Crippen LogP contribution < -0.4 is 10.5 Å². The summed E-state index contributed by atoms with van der Waals surface area (Å²) < 4.78 is 7.38. The fourth-order valence-electron chi connectivity index (χ4n) is 4.13. The number of nitrogens with zero attached hydrogens (tertiary/aromatic N) is 5. The van der Waals surface area contributed by atoms with Crippen LogP contribution in [0.3, 0.4) is 0 Å². The van der Waals surface area contributed by atoms with Crippen LogP contribution >= 0.6 is 11.6 Å². The number of aromatic nitrogens is 3. The van der Waals surface area contributed by atoms with Gasteiger partial charge in [0, 0.05) is 43.5 Å². The highest BCUT2D eigenvalue weighted by Crippen LogP contribution is 2.25. The van der Waals surface area contributed by atoms with Crippen molar-refractivity contribution in [3.8, 4) is 11.3 Å². The SMILES string of the molecule is CCN1CCN(c2ccc3cc(-c4cn5cccc(Cl)c5n4)c(=O)oc3n2)CC1C. The lowest BCUT2D eigenvalue weighted by atomic mass is 10.1. The number of pyridine rings is 2. The molecule has 1 fully saturated rings. The molecule has 0 amide bonds. The molecule has 1 aliphatic heterocycles. The Kier molecular flexibility index (Phi) is 4.72. The third-order valence-electron chi connectivity index (χ3n) is 5.79. The van der Waals surface area contributed by atoms with Crippen molar-refractivity contribution in [2.75, 3.05) is 31.1 Å². The van der Waals surface area contributed by atoms with Gasteiger partial charge >= 0.3 is 5.63 Å². The molecular weight excluding hydrogens is 402 g/mol. The monoisotopic (exact) mass is 423 g/mol. The number of fused-ring (bicyclic) bond motifs is 2. The van der Waals surface area contributed by atoms with Crippen LogP contribution in [0.25, 0.3) is 28.0 Å². The Morgan fingerprint density at radius 2 is 2.10 bits per heavy atom. The third kappa shape index (κ3) is 3.24. The molecule has 154 valence electrons. The summed E-state index contributed by atoms with van der Waals surface area (Å²) in [5.74, 6) is 0.834. The highest BCUT2D eigenvalue weighted by Gasteiger charge is 2.23. The smallest absolute Gasteiger partial charge is 0.347 e.